The molecule has 1 fully saturated rings. The molecule has 248 valence electrons. The van der Waals surface area contributed by atoms with Gasteiger partial charge < -0.3 is 63.8 Å². The second-order valence-corrected chi connectivity index (χ2v) is 10.3. The zero-order chi connectivity index (χ0) is 34.0. The number of aliphatic hydroxyl groups is 3. The molecule has 1 aromatic heterocycles. The number of benzene rings is 3. The number of hydrogen-bond donors (Lipinski definition) is 7. The molecule has 0 unspecified atom stereocenters. The minimum Gasteiger partial charge on any atom is -0.504 e. The lowest BCUT2D eigenvalue weighted by Gasteiger charge is -2.40. The molecule has 0 aliphatic carbocycles. The Morgan fingerprint density at radius 3 is 2.30 bits per heavy atom. The van der Waals surface area contributed by atoms with Crippen molar-refractivity contribution in [3.63, 3.8) is 0 Å². The fraction of sp³-hybridized carbons (Fsp3) is 0.250. The van der Waals surface area contributed by atoms with Crippen molar-refractivity contribution in [2.45, 2.75) is 30.7 Å². The van der Waals surface area contributed by atoms with Crippen LogP contribution in [-0.2, 0) is 14.3 Å². The smallest absolute Gasteiger partial charge is 0.330 e. The molecule has 1 aliphatic rings. The highest BCUT2D eigenvalue weighted by Gasteiger charge is 2.46. The number of carbonyl (C=O) groups is 1. The quantitative estimate of drug-likeness (QED) is 0.0773. The second-order valence-electron chi connectivity index (χ2n) is 10.3. The summed E-state index contributed by atoms with van der Waals surface area (Å²) in [6.07, 6.45) is -6.03. The van der Waals surface area contributed by atoms with Crippen molar-refractivity contribution in [3.05, 3.63) is 70.4 Å². The van der Waals surface area contributed by atoms with E-state index >= 15 is 0 Å². The van der Waals surface area contributed by atoms with E-state index in [1.165, 1.54) is 50.6 Å². The van der Waals surface area contributed by atoms with E-state index in [-0.39, 0.29) is 45.3 Å². The molecule has 0 amide bonds. The number of rotatable bonds is 9. The van der Waals surface area contributed by atoms with E-state index in [1.54, 1.807) is 0 Å². The molecule has 0 saturated carbocycles. The van der Waals surface area contributed by atoms with Crippen molar-refractivity contribution in [2.24, 2.45) is 0 Å². The first-order chi connectivity index (χ1) is 22.4. The summed E-state index contributed by atoms with van der Waals surface area (Å²) in [5.41, 5.74) is -0.170. The summed E-state index contributed by atoms with van der Waals surface area (Å²) in [7, 11) is 2.54. The Balaban J connectivity index is 1.37. The van der Waals surface area contributed by atoms with Gasteiger partial charge in [0.05, 0.1) is 14.2 Å². The van der Waals surface area contributed by atoms with Gasteiger partial charge in [0.2, 0.25) is 12.0 Å². The second kappa shape index (κ2) is 13.5. The number of fused-ring (bicyclic) bond motifs is 1. The predicted octanol–water partition coefficient (Wildman–Crippen LogP) is 1.74. The molecular weight excluding hydrogens is 624 g/mol. The molecule has 3 aromatic carbocycles. The Morgan fingerprint density at radius 1 is 0.851 bits per heavy atom. The van der Waals surface area contributed by atoms with Crippen LogP contribution < -0.4 is 19.6 Å². The lowest BCUT2D eigenvalue weighted by atomic mass is 9.99. The average Bonchev–Trinajstić information content (AvgIpc) is 3.05. The number of hydrogen-bond acceptors (Lipinski definition) is 15. The van der Waals surface area contributed by atoms with E-state index < -0.39 is 66.0 Å². The fourth-order valence-electron chi connectivity index (χ4n) is 4.82. The summed E-state index contributed by atoms with van der Waals surface area (Å²) in [5.74, 6) is -2.98. The van der Waals surface area contributed by atoms with Crippen LogP contribution in [0.3, 0.4) is 0 Å². The molecule has 1 saturated heterocycles. The number of esters is 1. The number of phenolic OH excluding ortho intramolecular Hbond substituents is 4. The van der Waals surface area contributed by atoms with Gasteiger partial charge in [-0.3, -0.25) is 4.79 Å². The minimum atomic E-state index is -1.85. The Labute approximate surface area is 265 Å². The first-order valence-electron chi connectivity index (χ1n) is 13.9. The molecule has 0 spiro atoms. The van der Waals surface area contributed by atoms with Crippen LogP contribution in [0.25, 0.3) is 28.4 Å². The zero-order valence-corrected chi connectivity index (χ0v) is 24.8. The largest absolute Gasteiger partial charge is 0.504 e. The van der Waals surface area contributed by atoms with E-state index in [4.69, 9.17) is 28.1 Å². The van der Waals surface area contributed by atoms with E-state index in [1.807, 2.05) is 0 Å². The van der Waals surface area contributed by atoms with E-state index in [0.717, 1.165) is 24.3 Å². The number of phenols is 4. The number of ether oxygens (including phenoxy) is 5. The third-order valence-corrected chi connectivity index (χ3v) is 7.29. The maximum absolute atomic E-state index is 13.0. The number of carbonyl (C=O) groups excluding carboxylic acids is 1. The Hall–Kier alpha value is -5.48. The molecule has 7 N–H and O–H groups in total. The van der Waals surface area contributed by atoms with Gasteiger partial charge in [-0.2, -0.15) is 0 Å². The van der Waals surface area contributed by atoms with Crippen LogP contribution >= 0.6 is 0 Å². The van der Waals surface area contributed by atoms with E-state index in [9.17, 15) is 45.3 Å². The Kier molecular flexibility index (Phi) is 9.44. The van der Waals surface area contributed by atoms with Gasteiger partial charge in [-0.05, 0) is 42.0 Å². The third kappa shape index (κ3) is 6.73. The van der Waals surface area contributed by atoms with Crippen LogP contribution in [0.5, 0.6) is 40.2 Å². The monoisotopic (exact) mass is 654 g/mol. The highest BCUT2D eigenvalue weighted by Crippen LogP contribution is 2.43. The molecule has 15 nitrogen and oxygen atoms in total. The summed E-state index contributed by atoms with van der Waals surface area (Å²) < 4.78 is 32.6. The topological polar surface area (TPSA) is 235 Å². The molecule has 15 heteroatoms. The van der Waals surface area contributed by atoms with Gasteiger partial charge in [-0.25, -0.2) is 4.79 Å². The van der Waals surface area contributed by atoms with Crippen LogP contribution in [0.2, 0.25) is 0 Å². The number of aromatic hydroxyl groups is 4. The predicted molar refractivity (Wildman–Crippen MR) is 161 cm³/mol. The molecular formula is C32H30O15. The molecule has 2 heterocycles. The van der Waals surface area contributed by atoms with Gasteiger partial charge in [0, 0.05) is 23.8 Å². The normalized spacial score (nSPS) is 21.1. The molecule has 5 atom stereocenters. The van der Waals surface area contributed by atoms with Gasteiger partial charge in [0.25, 0.3) is 0 Å². The lowest BCUT2D eigenvalue weighted by Crippen LogP contribution is -2.60. The van der Waals surface area contributed by atoms with Crippen molar-refractivity contribution in [1.82, 2.24) is 0 Å². The summed E-state index contributed by atoms with van der Waals surface area (Å²) in [4.78, 5) is 25.3. The van der Waals surface area contributed by atoms with Crippen molar-refractivity contribution in [2.75, 3.05) is 20.8 Å². The van der Waals surface area contributed by atoms with Crippen molar-refractivity contribution in [1.29, 1.82) is 0 Å². The van der Waals surface area contributed by atoms with Crippen molar-refractivity contribution >= 4 is 23.0 Å². The van der Waals surface area contributed by atoms with Crippen LogP contribution in [-0.4, -0.2) is 93.2 Å². The molecule has 1 aliphatic heterocycles. The summed E-state index contributed by atoms with van der Waals surface area (Å²) >= 11 is 0. The lowest BCUT2D eigenvalue weighted by molar-refractivity contribution is -0.278. The SMILES string of the molecule is COc1cc(/C=C\C(=O)OC[C@H]2O[C@@H](Oc3cc4oc(-c5ccc(O)c(O)c5)cc(=O)c4c(O)c3OC)[C@H](O)[C@@H](O)[C@@H]2O)ccc1O. The van der Waals surface area contributed by atoms with E-state index in [2.05, 4.69) is 0 Å². The van der Waals surface area contributed by atoms with Gasteiger partial charge in [-0.15, -0.1) is 0 Å². The Morgan fingerprint density at radius 2 is 1.60 bits per heavy atom. The molecule has 0 bridgehead atoms. The first kappa shape index (κ1) is 32.9. The van der Waals surface area contributed by atoms with Crippen molar-refractivity contribution in [3.8, 4) is 51.6 Å². The summed E-state index contributed by atoms with van der Waals surface area (Å²) in [5, 5.41) is 71.5. The number of aliphatic hydroxyl groups excluding tert-OH is 3. The van der Waals surface area contributed by atoms with E-state index in [0.29, 0.717) is 5.56 Å². The molecule has 4 aromatic rings. The first-order valence-corrected chi connectivity index (χ1v) is 13.9. The van der Waals surface area contributed by atoms with Gasteiger partial charge >= 0.3 is 5.97 Å². The van der Waals surface area contributed by atoms with Crippen molar-refractivity contribution < 1.29 is 68.6 Å². The maximum atomic E-state index is 13.0. The Bertz CT molecular complexity index is 1880. The van der Waals surface area contributed by atoms with Gasteiger partial charge in [-0.1, -0.05) is 6.07 Å². The molecule has 5 rings (SSSR count). The maximum Gasteiger partial charge on any atom is 0.330 e. The van der Waals surface area contributed by atoms with Crippen LogP contribution in [0.1, 0.15) is 5.56 Å². The highest BCUT2D eigenvalue weighted by atomic mass is 16.7. The van der Waals surface area contributed by atoms with Crippen LogP contribution in [0, 0.1) is 0 Å². The summed E-state index contributed by atoms with van der Waals surface area (Å²) in [6, 6.07) is 10.3. The number of methoxy groups -OCH3 is 2. The standard InChI is InChI=1S/C32H30O15/c1-42-21-9-14(3-6-17(21)34)4-8-25(37)44-13-24-27(38)29(40)30(41)32(47-24)46-23-12-22-26(28(39)31(23)43-2)19(36)11-20(45-22)15-5-7-16(33)18(35)10-15/h3-12,24,27,29-30,32-35,38-41H,13H2,1-2H3/b8-4-/t24-,27-,29+,30-,32-/m1/s1. The average molecular weight is 655 g/mol. The fourth-order valence-corrected chi connectivity index (χ4v) is 4.82. The highest BCUT2D eigenvalue weighted by molar-refractivity contribution is 5.90. The molecule has 0 radical (unpaired) electrons. The zero-order valence-electron chi connectivity index (χ0n) is 24.8. The third-order valence-electron chi connectivity index (χ3n) is 7.29. The van der Waals surface area contributed by atoms with Crippen LogP contribution in [0.4, 0.5) is 0 Å². The van der Waals surface area contributed by atoms with Gasteiger partial charge in [0.15, 0.2) is 39.9 Å². The summed E-state index contributed by atoms with van der Waals surface area (Å²) in [6.45, 7) is -0.579. The van der Waals surface area contributed by atoms with Crippen LogP contribution in [0.15, 0.2) is 63.8 Å². The molecule has 47 heavy (non-hydrogen) atoms. The van der Waals surface area contributed by atoms with Gasteiger partial charge in [0.1, 0.15) is 47.8 Å². The minimum absolute atomic E-state index is 0.0405.